The second-order valence-corrected chi connectivity index (χ2v) is 5.99. The molecule has 114 valence electrons. The van der Waals surface area contributed by atoms with Crippen molar-refractivity contribution in [3.05, 3.63) is 30.1 Å². The van der Waals surface area contributed by atoms with E-state index < -0.39 is 0 Å². The van der Waals surface area contributed by atoms with Crippen molar-refractivity contribution in [1.82, 2.24) is 4.98 Å². The van der Waals surface area contributed by atoms with Crippen molar-refractivity contribution in [3.8, 4) is 0 Å². The topological polar surface area (TPSA) is 33.1 Å². The summed E-state index contributed by atoms with van der Waals surface area (Å²) in [7, 11) is 0. The lowest BCUT2D eigenvalue weighted by Gasteiger charge is -2.08. The molecule has 0 unspecified atom stereocenters. The Morgan fingerprint density at radius 1 is 1.00 bits per heavy atom. The zero-order valence-electron chi connectivity index (χ0n) is 13.1. The Morgan fingerprint density at radius 2 is 1.70 bits per heavy atom. The molecule has 0 aliphatic carbocycles. The maximum absolute atomic E-state index is 8.84. The number of aliphatic hydroxyl groups is 1. The molecule has 1 aromatic rings. The Hall–Kier alpha value is -0.890. The van der Waals surface area contributed by atoms with Crippen molar-refractivity contribution < 1.29 is 5.11 Å². The highest BCUT2D eigenvalue weighted by Gasteiger charge is 2.00. The summed E-state index contributed by atoms with van der Waals surface area (Å²) in [6, 6.07) is 4.19. The first kappa shape index (κ1) is 17.2. The van der Waals surface area contributed by atoms with Crippen LogP contribution >= 0.6 is 0 Å². The summed E-state index contributed by atoms with van der Waals surface area (Å²) in [5.41, 5.74) is 1.37. The van der Waals surface area contributed by atoms with Gasteiger partial charge >= 0.3 is 0 Å². The number of aryl methyl sites for hydroxylation is 1. The molecular formula is C18H31NO. The van der Waals surface area contributed by atoms with E-state index >= 15 is 0 Å². The van der Waals surface area contributed by atoms with Crippen LogP contribution < -0.4 is 0 Å². The number of aliphatic hydroxyl groups excluding tert-OH is 1. The molecule has 20 heavy (non-hydrogen) atoms. The molecule has 0 saturated heterocycles. The van der Waals surface area contributed by atoms with Gasteiger partial charge in [0.05, 0.1) is 0 Å². The fraction of sp³-hybridized carbons (Fsp3) is 0.722. The van der Waals surface area contributed by atoms with Gasteiger partial charge < -0.3 is 5.11 Å². The smallest absolute Gasteiger partial charge is 0.0433 e. The molecule has 0 saturated carbocycles. The van der Waals surface area contributed by atoms with Gasteiger partial charge in [-0.15, -0.1) is 0 Å². The fourth-order valence-electron chi connectivity index (χ4n) is 2.62. The van der Waals surface area contributed by atoms with Crippen LogP contribution in [0.15, 0.2) is 24.5 Å². The molecule has 2 heteroatoms. The number of nitrogens with zero attached hydrogens (tertiary/aromatic N) is 1. The number of hydrogen-bond donors (Lipinski definition) is 1. The second-order valence-electron chi connectivity index (χ2n) is 5.99. The summed E-state index contributed by atoms with van der Waals surface area (Å²) in [4.78, 5) is 4.15. The first-order valence-corrected chi connectivity index (χ1v) is 8.32. The molecular weight excluding hydrogens is 246 g/mol. The average molecular weight is 277 g/mol. The van der Waals surface area contributed by atoms with Gasteiger partial charge in [0.2, 0.25) is 0 Å². The standard InChI is InChI=1S/C18H31NO/c1-17(13-15-20)10-7-5-3-2-4-6-8-11-18-12-9-14-19-16-18/h9,12,14,16-17,20H,2-8,10-11,13,15H2,1H3/t17-/m0/s1. The zero-order chi connectivity index (χ0) is 14.5. The van der Waals surface area contributed by atoms with Gasteiger partial charge in [-0.05, 0) is 36.8 Å². The van der Waals surface area contributed by atoms with Crippen LogP contribution in [-0.4, -0.2) is 16.7 Å². The van der Waals surface area contributed by atoms with Gasteiger partial charge in [-0.25, -0.2) is 0 Å². The SMILES string of the molecule is C[C@H](CCO)CCCCCCCCCc1cccnc1. The van der Waals surface area contributed by atoms with E-state index in [4.69, 9.17) is 5.11 Å². The van der Waals surface area contributed by atoms with Gasteiger partial charge in [0.1, 0.15) is 0 Å². The quantitative estimate of drug-likeness (QED) is 0.559. The van der Waals surface area contributed by atoms with Crippen molar-refractivity contribution in [2.75, 3.05) is 6.61 Å². The van der Waals surface area contributed by atoms with Crippen molar-refractivity contribution in [2.45, 2.75) is 71.1 Å². The van der Waals surface area contributed by atoms with Gasteiger partial charge in [-0.3, -0.25) is 4.98 Å². The van der Waals surface area contributed by atoms with Crippen molar-refractivity contribution in [1.29, 1.82) is 0 Å². The lowest BCUT2D eigenvalue weighted by molar-refractivity contribution is 0.256. The summed E-state index contributed by atoms with van der Waals surface area (Å²) in [5.74, 6) is 0.694. The molecule has 0 spiro atoms. The largest absolute Gasteiger partial charge is 0.396 e. The molecule has 0 radical (unpaired) electrons. The third-order valence-electron chi connectivity index (χ3n) is 4.01. The predicted octanol–water partition coefficient (Wildman–Crippen LogP) is 4.76. The molecule has 1 atom stereocenters. The third-order valence-corrected chi connectivity index (χ3v) is 4.01. The molecule has 0 aliphatic heterocycles. The number of unbranched alkanes of at least 4 members (excludes halogenated alkanes) is 6. The maximum atomic E-state index is 8.84. The molecule has 0 aromatic carbocycles. The molecule has 1 rings (SSSR count). The van der Waals surface area contributed by atoms with Crippen LogP contribution in [-0.2, 0) is 6.42 Å². The molecule has 1 aromatic heterocycles. The molecule has 1 N–H and O–H groups in total. The first-order chi connectivity index (χ1) is 9.83. The van der Waals surface area contributed by atoms with Crippen molar-refractivity contribution >= 4 is 0 Å². The number of aromatic nitrogens is 1. The summed E-state index contributed by atoms with van der Waals surface area (Å²) in [5, 5.41) is 8.84. The monoisotopic (exact) mass is 277 g/mol. The Balaban J connectivity index is 1.83. The molecule has 0 amide bonds. The maximum Gasteiger partial charge on any atom is 0.0433 e. The Kier molecular flexibility index (Phi) is 10.2. The lowest BCUT2D eigenvalue weighted by atomic mass is 9.99. The van der Waals surface area contributed by atoms with E-state index in [1.807, 2.05) is 18.5 Å². The zero-order valence-corrected chi connectivity index (χ0v) is 13.1. The van der Waals surface area contributed by atoms with Crippen LogP contribution in [0, 0.1) is 5.92 Å². The Bertz CT molecular complexity index is 312. The summed E-state index contributed by atoms with van der Waals surface area (Å²) in [6.07, 6.45) is 16.7. The minimum Gasteiger partial charge on any atom is -0.396 e. The minimum atomic E-state index is 0.345. The van der Waals surface area contributed by atoms with Gasteiger partial charge in [0.15, 0.2) is 0 Å². The molecule has 0 fully saturated rings. The summed E-state index contributed by atoms with van der Waals surface area (Å²) >= 11 is 0. The Morgan fingerprint density at radius 3 is 2.35 bits per heavy atom. The van der Waals surface area contributed by atoms with E-state index in [1.165, 1.54) is 63.4 Å². The van der Waals surface area contributed by atoms with Crippen LogP contribution in [0.25, 0.3) is 0 Å². The van der Waals surface area contributed by atoms with Crippen LogP contribution in [0.5, 0.6) is 0 Å². The minimum absolute atomic E-state index is 0.345. The van der Waals surface area contributed by atoms with Crippen molar-refractivity contribution in [3.63, 3.8) is 0 Å². The Labute approximate surface area is 124 Å². The number of pyridine rings is 1. The van der Waals surface area contributed by atoms with Crippen LogP contribution in [0.3, 0.4) is 0 Å². The summed E-state index contributed by atoms with van der Waals surface area (Å²) < 4.78 is 0. The van der Waals surface area contributed by atoms with E-state index in [2.05, 4.69) is 18.0 Å². The van der Waals surface area contributed by atoms with Crippen molar-refractivity contribution in [2.24, 2.45) is 5.92 Å². The van der Waals surface area contributed by atoms with Gasteiger partial charge in [0, 0.05) is 19.0 Å². The van der Waals surface area contributed by atoms with Gasteiger partial charge in [0.25, 0.3) is 0 Å². The van der Waals surface area contributed by atoms with E-state index in [9.17, 15) is 0 Å². The van der Waals surface area contributed by atoms with E-state index in [1.54, 1.807) is 0 Å². The third kappa shape index (κ3) is 9.08. The normalized spacial score (nSPS) is 12.5. The summed E-state index contributed by atoms with van der Waals surface area (Å²) in [6.45, 7) is 2.59. The highest BCUT2D eigenvalue weighted by Crippen LogP contribution is 2.15. The van der Waals surface area contributed by atoms with E-state index in [0.29, 0.717) is 12.5 Å². The lowest BCUT2D eigenvalue weighted by Crippen LogP contribution is -1.97. The first-order valence-electron chi connectivity index (χ1n) is 8.32. The average Bonchev–Trinajstić information content (AvgIpc) is 2.47. The molecule has 1 heterocycles. The highest BCUT2D eigenvalue weighted by atomic mass is 16.3. The van der Waals surface area contributed by atoms with Crippen LogP contribution in [0.4, 0.5) is 0 Å². The van der Waals surface area contributed by atoms with E-state index in [-0.39, 0.29) is 0 Å². The van der Waals surface area contributed by atoms with Crippen LogP contribution in [0.2, 0.25) is 0 Å². The fourth-order valence-corrected chi connectivity index (χ4v) is 2.62. The van der Waals surface area contributed by atoms with Gasteiger partial charge in [-0.1, -0.05) is 57.9 Å². The van der Waals surface area contributed by atoms with Crippen LogP contribution in [0.1, 0.15) is 70.3 Å². The highest BCUT2D eigenvalue weighted by molar-refractivity contribution is 5.08. The molecule has 2 nitrogen and oxygen atoms in total. The predicted molar refractivity (Wildman–Crippen MR) is 85.7 cm³/mol. The number of hydrogen-bond acceptors (Lipinski definition) is 2. The van der Waals surface area contributed by atoms with Gasteiger partial charge in [-0.2, -0.15) is 0 Å². The van der Waals surface area contributed by atoms with E-state index in [0.717, 1.165) is 6.42 Å². The second kappa shape index (κ2) is 11.9. The molecule has 0 bridgehead atoms. The number of rotatable bonds is 12. The molecule has 0 aliphatic rings.